The largest absolute Gasteiger partial charge is 0.0683 e. The quantitative estimate of drug-likeness (QED) is 0.382. The van der Waals surface area contributed by atoms with Gasteiger partial charge in [-0.15, -0.1) is 0 Å². The fraction of sp³-hybridized carbons (Fsp3) is 0.364. The molecule has 3 aromatic carbocycles. The molecule has 0 spiro atoms. The zero-order valence-corrected chi connectivity index (χ0v) is 15.5. The normalized spacial score (nSPS) is 9.82. The van der Waals surface area contributed by atoms with Crippen LogP contribution >= 0.6 is 0 Å². The molecular formula is C22H30. The maximum atomic E-state index is 2.33. The summed E-state index contributed by atoms with van der Waals surface area (Å²) in [5.41, 5.74) is 5.68. The summed E-state index contributed by atoms with van der Waals surface area (Å²) in [5, 5.41) is 5.45. The lowest BCUT2D eigenvalue weighted by atomic mass is 9.90. The van der Waals surface area contributed by atoms with Gasteiger partial charge in [-0.25, -0.2) is 0 Å². The maximum Gasteiger partial charge on any atom is -0.0143 e. The van der Waals surface area contributed by atoms with Gasteiger partial charge < -0.3 is 0 Å². The molecule has 0 saturated heterocycles. The zero-order chi connectivity index (χ0) is 16.9. The van der Waals surface area contributed by atoms with E-state index in [4.69, 9.17) is 0 Å². The number of hydrogen-bond acceptors (Lipinski definition) is 0. The van der Waals surface area contributed by atoms with Crippen molar-refractivity contribution in [3.8, 4) is 0 Å². The third-order valence-electron chi connectivity index (χ3n) is 4.38. The second-order valence-corrected chi connectivity index (χ2v) is 5.24. The summed E-state index contributed by atoms with van der Waals surface area (Å²) in [4.78, 5) is 0. The molecule has 3 aromatic rings. The van der Waals surface area contributed by atoms with Gasteiger partial charge in [0.25, 0.3) is 0 Å². The Kier molecular flexibility index (Phi) is 6.61. The summed E-state index contributed by atoms with van der Waals surface area (Å²) in [6, 6.07) is 13.3. The molecule has 0 fully saturated rings. The monoisotopic (exact) mass is 294 g/mol. The zero-order valence-electron chi connectivity index (χ0n) is 15.5. The van der Waals surface area contributed by atoms with E-state index in [0.29, 0.717) is 0 Å². The highest BCUT2D eigenvalue weighted by molar-refractivity contribution is 6.01. The summed E-state index contributed by atoms with van der Waals surface area (Å²) >= 11 is 0. The van der Waals surface area contributed by atoms with E-state index < -0.39 is 0 Å². The molecule has 0 aromatic heterocycles. The topological polar surface area (TPSA) is 0 Å². The first-order valence-electron chi connectivity index (χ1n) is 8.48. The predicted octanol–water partition coefficient (Wildman–Crippen LogP) is 7.28. The minimum Gasteiger partial charge on any atom is -0.0683 e. The molecule has 3 rings (SSSR count). The van der Waals surface area contributed by atoms with Crippen molar-refractivity contribution in [3.05, 3.63) is 58.7 Å². The van der Waals surface area contributed by atoms with Gasteiger partial charge in [0, 0.05) is 0 Å². The predicted molar refractivity (Wildman–Crippen MR) is 103 cm³/mol. The van der Waals surface area contributed by atoms with Gasteiger partial charge in [-0.2, -0.15) is 0 Å². The second kappa shape index (κ2) is 7.98. The molecule has 22 heavy (non-hydrogen) atoms. The summed E-state index contributed by atoms with van der Waals surface area (Å²) in [6.07, 6.45) is 0. The van der Waals surface area contributed by atoms with Gasteiger partial charge in [0.15, 0.2) is 0 Å². The van der Waals surface area contributed by atoms with Crippen molar-refractivity contribution in [2.45, 2.75) is 55.4 Å². The van der Waals surface area contributed by atoms with Crippen molar-refractivity contribution in [1.29, 1.82) is 0 Å². The molecule has 0 aliphatic rings. The molecule has 0 saturated carbocycles. The molecule has 0 radical (unpaired) electrons. The Labute approximate surface area is 136 Å². The molecule has 0 atom stereocenters. The summed E-state index contributed by atoms with van der Waals surface area (Å²) in [6.45, 7) is 16.9. The van der Waals surface area contributed by atoms with E-state index in [-0.39, 0.29) is 0 Å². The fourth-order valence-corrected chi connectivity index (χ4v) is 2.83. The number of benzene rings is 3. The molecule has 0 aliphatic heterocycles. The number of hydrogen-bond donors (Lipinski definition) is 0. The highest BCUT2D eigenvalue weighted by atomic mass is 14.1. The maximum absolute atomic E-state index is 2.33. The Balaban J connectivity index is 0.000000561. The van der Waals surface area contributed by atoms with Gasteiger partial charge in [-0.3, -0.25) is 0 Å². The van der Waals surface area contributed by atoms with Crippen LogP contribution in [0.1, 0.15) is 49.9 Å². The molecule has 0 aliphatic carbocycles. The Hall–Kier alpha value is -1.82. The molecule has 118 valence electrons. The van der Waals surface area contributed by atoms with Gasteiger partial charge in [0.1, 0.15) is 0 Å². The first kappa shape index (κ1) is 18.2. The molecule has 0 heterocycles. The highest BCUT2D eigenvalue weighted by Crippen LogP contribution is 2.32. The third-order valence-corrected chi connectivity index (χ3v) is 4.38. The second-order valence-electron chi connectivity index (χ2n) is 5.24. The standard InChI is InChI=1S/C18H18.2C2H6/c1-11-12(2)14(4)18-10-16-8-6-5-7-15(16)9-17(18)13(11)3;2*1-2/h5-10H,1-4H3;2*1-2H3. The van der Waals surface area contributed by atoms with Crippen LogP contribution in [0.25, 0.3) is 21.5 Å². The van der Waals surface area contributed by atoms with Gasteiger partial charge >= 0.3 is 0 Å². The van der Waals surface area contributed by atoms with Gasteiger partial charge in [0.2, 0.25) is 0 Å². The average molecular weight is 294 g/mol. The Morgan fingerprint density at radius 1 is 0.500 bits per heavy atom. The molecule has 0 N–H and O–H groups in total. The van der Waals surface area contributed by atoms with Crippen LogP contribution in [0.15, 0.2) is 36.4 Å². The minimum atomic E-state index is 1.33. The van der Waals surface area contributed by atoms with Crippen LogP contribution in [0.3, 0.4) is 0 Å². The first-order chi connectivity index (χ1) is 10.6. The fourth-order valence-electron chi connectivity index (χ4n) is 2.83. The van der Waals surface area contributed by atoms with Crippen molar-refractivity contribution in [2.75, 3.05) is 0 Å². The van der Waals surface area contributed by atoms with Crippen LogP contribution in [0, 0.1) is 27.7 Å². The first-order valence-corrected chi connectivity index (χ1v) is 8.48. The lowest BCUT2D eigenvalue weighted by Gasteiger charge is -2.15. The Bertz CT molecular complexity index is 698. The molecule has 0 bridgehead atoms. The molecule has 0 heteroatoms. The van der Waals surface area contributed by atoms with Crippen LogP contribution in [-0.4, -0.2) is 0 Å². The third kappa shape index (κ3) is 3.16. The van der Waals surface area contributed by atoms with Gasteiger partial charge in [-0.1, -0.05) is 52.0 Å². The SMILES string of the molecule is CC.CC.Cc1c(C)c(C)c2cc3ccccc3cc2c1C. The van der Waals surface area contributed by atoms with Crippen LogP contribution in [0.4, 0.5) is 0 Å². The molecule has 0 nitrogen and oxygen atoms in total. The summed E-state index contributed by atoms with van der Waals surface area (Å²) in [5.74, 6) is 0. The average Bonchev–Trinajstić information content (AvgIpc) is 2.60. The van der Waals surface area contributed by atoms with Crippen molar-refractivity contribution >= 4 is 21.5 Å². The number of rotatable bonds is 0. The lowest BCUT2D eigenvalue weighted by Crippen LogP contribution is -1.94. The molecule has 0 unspecified atom stereocenters. The van der Waals surface area contributed by atoms with E-state index in [9.17, 15) is 0 Å². The van der Waals surface area contributed by atoms with E-state index in [1.54, 1.807) is 0 Å². The van der Waals surface area contributed by atoms with Gasteiger partial charge in [0.05, 0.1) is 0 Å². The van der Waals surface area contributed by atoms with E-state index >= 15 is 0 Å². The van der Waals surface area contributed by atoms with Crippen molar-refractivity contribution in [1.82, 2.24) is 0 Å². The van der Waals surface area contributed by atoms with Crippen molar-refractivity contribution in [3.63, 3.8) is 0 Å². The van der Waals surface area contributed by atoms with Crippen molar-refractivity contribution < 1.29 is 0 Å². The summed E-state index contributed by atoms with van der Waals surface area (Å²) in [7, 11) is 0. The van der Waals surface area contributed by atoms with Crippen LogP contribution in [0.2, 0.25) is 0 Å². The summed E-state index contributed by atoms with van der Waals surface area (Å²) < 4.78 is 0. The lowest BCUT2D eigenvalue weighted by molar-refractivity contribution is 1.25. The highest BCUT2D eigenvalue weighted by Gasteiger charge is 2.09. The van der Waals surface area contributed by atoms with E-state index in [1.807, 2.05) is 27.7 Å². The number of fused-ring (bicyclic) bond motifs is 2. The smallest absolute Gasteiger partial charge is 0.0143 e. The van der Waals surface area contributed by atoms with Gasteiger partial charge in [-0.05, 0) is 83.6 Å². The van der Waals surface area contributed by atoms with Crippen LogP contribution < -0.4 is 0 Å². The molecular weight excluding hydrogens is 264 g/mol. The number of aryl methyl sites for hydroxylation is 2. The van der Waals surface area contributed by atoms with Crippen LogP contribution in [0.5, 0.6) is 0 Å². The van der Waals surface area contributed by atoms with Crippen molar-refractivity contribution in [2.24, 2.45) is 0 Å². The van der Waals surface area contributed by atoms with E-state index in [2.05, 4.69) is 64.1 Å². The molecule has 0 amide bonds. The Morgan fingerprint density at radius 2 is 0.818 bits per heavy atom. The van der Waals surface area contributed by atoms with E-state index in [0.717, 1.165) is 0 Å². The minimum absolute atomic E-state index is 1.33. The Morgan fingerprint density at radius 3 is 1.14 bits per heavy atom. The van der Waals surface area contributed by atoms with E-state index in [1.165, 1.54) is 43.8 Å². The van der Waals surface area contributed by atoms with Crippen LogP contribution in [-0.2, 0) is 0 Å².